The molecule has 0 atom stereocenters. The molecule has 6 heteroatoms. The van der Waals surface area contributed by atoms with Gasteiger partial charge in [-0.15, -0.1) is 0 Å². The maximum Gasteiger partial charge on any atom is 0.365 e. The number of carbonyl (C=O) groups excluding carboxylic acids is 2. The maximum absolute atomic E-state index is 12.7. The topological polar surface area (TPSA) is 59.0 Å². The molecule has 1 heterocycles. The van der Waals surface area contributed by atoms with Crippen LogP contribution in [0, 0.1) is 5.82 Å². The van der Waals surface area contributed by atoms with E-state index in [0.29, 0.717) is 25.9 Å². The lowest BCUT2D eigenvalue weighted by Crippen LogP contribution is -2.37. The van der Waals surface area contributed by atoms with Crippen LogP contribution in [0.5, 0.6) is 0 Å². The first kappa shape index (κ1) is 14.2. The summed E-state index contributed by atoms with van der Waals surface area (Å²) in [6, 6.07) is 5.07. The first-order chi connectivity index (χ1) is 9.56. The van der Waals surface area contributed by atoms with Gasteiger partial charge >= 0.3 is 5.97 Å². The van der Waals surface area contributed by atoms with Crippen LogP contribution in [0.2, 0.25) is 0 Å². The molecule has 20 heavy (non-hydrogen) atoms. The highest BCUT2D eigenvalue weighted by atomic mass is 19.1. The Morgan fingerprint density at radius 2 is 1.80 bits per heavy atom. The average Bonchev–Trinajstić information content (AvgIpc) is 2.46. The Labute approximate surface area is 116 Å². The maximum atomic E-state index is 12.7. The van der Waals surface area contributed by atoms with Crippen molar-refractivity contribution in [3.05, 3.63) is 35.6 Å². The van der Waals surface area contributed by atoms with Crippen LogP contribution in [-0.4, -0.2) is 35.6 Å². The summed E-state index contributed by atoms with van der Waals surface area (Å²) in [5.41, 5.74) is 0.995. The van der Waals surface area contributed by atoms with Gasteiger partial charge in [-0.3, -0.25) is 4.79 Å². The van der Waals surface area contributed by atoms with Crippen LogP contribution in [0.15, 0.2) is 29.4 Å². The first-order valence-corrected chi connectivity index (χ1v) is 6.34. The standard InChI is InChI=1S/C14H15FN2O3/c1-10(18)17-8-6-13(7-9-17)16-20-14(19)11-2-4-12(15)5-3-11/h2-5H,6-9H2,1H3. The van der Waals surface area contributed by atoms with E-state index in [4.69, 9.17) is 4.84 Å². The van der Waals surface area contributed by atoms with Gasteiger partial charge in [-0.25, -0.2) is 9.18 Å². The van der Waals surface area contributed by atoms with Crippen LogP contribution in [0.1, 0.15) is 30.1 Å². The fraction of sp³-hybridized carbons (Fsp3) is 0.357. The summed E-state index contributed by atoms with van der Waals surface area (Å²) in [5.74, 6) is -0.997. The van der Waals surface area contributed by atoms with Crippen molar-refractivity contribution >= 4 is 17.6 Å². The van der Waals surface area contributed by atoms with Crippen molar-refractivity contribution in [3.63, 3.8) is 0 Å². The molecular formula is C14H15FN2O3. The summed E-state index contributed by atoms with van der Waals surface area (Å²) in [6.07, 6.45) is 1.19. The fourth-order valence-corrected chi connectivity index (χ4v) is 1.92. The molecule has 106 valence electrons. The molecule has 0 bridgehead atoms. The van der Waals surface area contributed by atoms with Crippen LogP contribution in [0.4, 0.5) is 4.39 Å². The molecule has 0 spiro atoms. The minimum Gasteiger partial charge on any atom is -0.342 e. The predicted molar refractivity (Wildman–Crippen MR) is 70.7 cm³/mol. The van der Waals surface area contributed by atoms with Crippen molar-refractivity contribution < 1.29 is 18.8 Å². The number of benzene rings is 1. The van der Waals surface area contributed by atoms with Crippen molar-refractivity contribution in [3.8, 4) is 0 Å². The Morgan fingerprint density at radius 1 is 1.20 bits per heavy atom. The third-order valence-corrected chi connectivity index (χ3v) is 3.12. The van der Waals surface area contributed by atoms with Gasteiger partial charge in [0, 0.05) is 32.9 Å². The van der Waals surface area contributed by atoms with Crippen LogP contribution < -0.4 is 0 Å². The minimum atomic E-state index is -0.619. The molecular weight excluding hydrogens is 263 g/mol. The van der Waals surface area contributed by atoms with E-state index in [2.05, 4.69) is 5.16 Å². The molecule has 1 aromatic rings. The number of amides is 1. The zero-order valence-electron chi connectivity index (χ0n) is 11.1. The molecule has 0 radical (unpaired) electrons. The molecule has 5 nitrogen and oxygen atoms in total. The van der Waals surface area contributed by atoms with Gasteiger partial charge in [-0.1, -0.05) is 5.16 Å². The van der Waals surface area contributed by atoms with Gasteiger partial charge in [-0.2, -0.15) is 0 Å². The summed E-state index contributed by atoms with van der Waals surface area (Å²) >= 11 is 0. The summed E-state index contributed by atoms with van der Waals surface area (Å²) < 4.78 is 12.7. The lowest BCUT2D eigenvalue weighted by atomic mass is 10.1. The van der Waals surface area contributed by atoms with Gasteiger partial charge in [0.15, 0.2) is 0 Å². The molecule has 0 aromatic heterocycles. The number of rotatable bonds is 2. The molecule has 0 N–H and O–H groups in total. The summed E-state index contributed by atoms with van der Waals surface area (Å²) in [5, 5.41) is 3.81. The van der Waals surface area contributed by atoms with E-state index < -0.39 is 11.8 Å². The summed E-state index contributed by atoms with van der Waals surface area (Å²) in [7, 11) is 0. The van der Waals surface area contributed by atoms with E-state index in [1.54, 1.807) is 4.90 Å². The molecule has 1 saturated heterocycles. The molecule has 2 rings (SSSR count). The third-order valence-electron chi connectivity index (χ3n) is 3.12. The van der Waals surface area contributed by atoms with Gasteiger partial charge in [0.25, 0.3) is 0 Å². The van der Waals surface area contributed by atoms with Crippen LogP contribution in [-0.2, 0) is 9.63 Å². The van der Waals surface area contributed by atoms with Crippen molar-refractivity contribution in [2.45, 2.75) is 19.8 Å². The van der Waals surface area contributed by atoms with Gasteiger partial charge in [0.05, 0.1) is 11.3 Å². The summed E-state index contributed by atoms with van der Waals surface area (Å²) in [4.78, 5) is 29.4. The number of carbonyl (C=O) groups is 2. The number of hydrogen-bond acceptors (Lipinski definition) is 4. The van der Waals surface area contributed by atoms with Crippen molar-refractivity contribution in [1.29, 1.82) is 0 Å². The molecule has 0 unspecified atom stereocenters. The second kappa shape index (κ2) is 6.27. The fourth-order valence-electron chi connectivity index (χ4n) is 1.92. The lowest BCUT2D eigenvalue weighted by molar-refractivity contribution is -0.128. The van der Waals surface area contributed by atoms with Crippen LogP contribution in [0.25, 0.3) is 0 Å². The molecule has 1 fully saturated rings. The minimum absolute atomic E-state index is 0.0346. The number of likely N-dealkylation sites (tertiary alicyclic amines) is 1. The predicted octanol–water partition coefficient (Wildman–Crippen LogP) is 1.98. The van der Waals surface area contributed by atoms with E-state index in [0.717, 1.165) is 5.71 Å². The summed E-state index contributed by atoms with van der Waals surface area (Å²) in [6.45, 7) is 2.70. The molecule has 0 aliphatic carbocycles. The third kappa shape index (κ3) is 3.63. The Balaban J connectivity index is 1.88. The number of oxime groups is 1. The smallest absolute Gasteiger partial charge is 0.342 e. The molecule has 1 aliphatic heterocycles. The van der Waals surface area contributed by atoms with Crippen molar-refractivity contribution in [2.24, 2.45) is 5.16 Å². The number of hydrogen-bond donors (Lipinski definition) is 0. The Hall–Kier alpha value is -2.24. The van der Waals surface area contributed by atoms with E-state index in [1.165, 1.54) is 31.2 Å². The molecule has 1 aliphatic rings. The van der Waals surface area contributed by atoms with Gasteiger partial charge in [0.1, 0.15) is 5.82 Å². The SMILES string of the molecule is CC(=O)N1CCC(=NOC(=O)c2ccc(F)cc2)CC1. The second-order valence-electron chi connectivity index (χ2n) is 4.55. The monoisotopic (exact) mass is 278 g/mol. The van der Waals surface area contributed by atoms with Gasteiger partial charge in [-0.05, 0) is 24.3 Å². The quantitative estimate of drug-likeness (QED) is 0.614. The average molecular weight is 278 g/mol. The zero-order chi connectivity index (χ0) is 14.5. The van der Waals surface area contributed by atoms with Gasteiger partial charge < -0.3 is 9.74 Å². The Morgan fingerprint density at radius 3 is 2.35 bits per heavy atom. The first-order valence-electron chi connectivity index (χ1n) is 6.34. The highest BCUT2D eigenvalue weighted by Crippen LogP contribution is 2.09. The Bertz CT molecular complexity index is 530. The highest BCUT2D eigenvalue weighted by Gasteiger charge is 2.17. The highest BCUT2D eigenvalue weighted by molar-refractivity contribution is 5.91. The Kier molecular flexibility index (Phi) is 4.45. The van der Waals surface area contributed by atoms with Gasteiger partial charge in [0.2, 0.25) is 5.91 Å². The van der Waals surface area contributed by atoms with E-state index in [1.807, 2.05) is 0 Å². The van der Waals surface area contributed by atoms with E-state index in [-0.39, 0.29) is 11.5 Å². The van der Waals surface area contributed by atoms with Crippen LogP contribution >= 0.6 is 0 Å². The molecule has 1 amide bonds. The normalized spacial score (nSPS) is 14.9. The second-order valence-corrected chi connectivity index (χ2v) is 4.55. The van der Waals surface area contributed by atoms with Crippen molar-refractivity contribution in [1.82, 2.24) is 4.90 Å². The largest absolute Gasteiger partial charge is 0.365 e. The molecule has 1 aromatic carbocycles. The molecule has 0 saturated carbocycles. The van der Waals surface area contributed by atoms with E-state index >= 15 is 0 Å². The zero-order valence-corrected chi connectivity index (χ0v) is 11.1. The lowest BCUT2D eigenvalue weighted by Gasteiger charge is -2.25. The van der Waals surface area contributed by atoms with E-state index in [9.17, 15) is 14.0 Å². The number of halogens is 1. The van der Waals surface area contributed by atoms with Crippen molar-refractivity contribution in [2.75, 3.05) is 13.1 Å². The number of nitrogens with zero attached hydrogens (tertiary/aromatic N) is 2. The number of piperidine rings is 1. The van der Waals surface area contributed by atoms with Crippen LogP contribution in [0.3, 0.4) is 0 Å².